The second-order valence-electron chi connectivity index (χ2n) is 10.5. The maximum Gasteiger partial charge on any atom is 0.338 e. The number of hydrogen-bond acceptors (Lipinski definition) is 9. The molecule has 0 aliphatic carbocycles. The van der Waals surface area contributed by atoms with E-state index in [0.717, 1.165) is 11.1 Å². The first kappa shape index (κ1) is 32.0. The van der Waals surface area contributed by atoms with Gasteiger partial charge in [-0.05, 0) is 35.4 Å². The molecule has 1 fully saturated rings. The van der Waals surface area contributed by atoms with Gasteiger partial charge in [0.25, 0.3) is 0 Å². The number of benzene rings is 4. The van der Waals surface area contributed by atoms with E-state index in [4.69, 9.17) is 23.7 Å². The van der Waals surface area contributed by atoms with Gasteiger partial charge in [-0.2, -0.15) is 0 Å². The third-order valence-electron chi connectivity index (χ3n) is 7.25. The van der Waals surface area contributed by atoms with E-state index < -0.39 is 42.6 Å². The van der Waals surface area contributed by atoms with Crippen LogP contribution in [0, 0.1) is 0 Å². The second-order valence-corrected chi connectivity index (χ2v) is 10.5. The van der Waals surface area contributed by atoms with E-state index in [2.05, 4.69) is 5.32 Å². The first-order valence-electron chi connectivity index (χ1n) is 14.9. The minimum atomic E-state index is -1.39. The normalized spacial score (nSPS) is 21.1. The van der Waals surface area contributed by atoms with Gasteiger partial charge in [-0.25, -0.2) is 9.59 Å². The molecule has 0 aromatic heterocycles. The molecule has 45 heavy (non-hydrogen) atoms. The minimum absolute atomic E-state index is 0.0269. The third-order valence-corrected chi connectivity index (χ3v) is 7.25. The molecule has 5 atom stereocenters. The summed E-state index contributed by atoms with van der Waals surface area (Å²) in [6, 6.07) is 36.3. The molecule has 0 saturated carbocycles. The molecule has 1 aliphatic rings. The van der Waals surface area contributed by atoms with E-state index in [0.29, 0.717) is 13.1 Å². The van der Waals surface area contributed by atoms with Gasteiger partial charge in [0.05, 0.1) is 30.9 Å². The topological polar surface area (TPSA) is 113 Å². The lowest BCUT2D eigenvalue weighted by Gasteiger charge is -2.43. The molecule has 2 N–H and O–H groups in total. The number of rotatable bonds is 14. The second kappa shape index (κ2) is 16.6. The number of aliphatic hydroxyl groups excluding tert-OH is 1. The van der Waals surface area contributed by atoms with E-state index >= 15 is 0 Å². The van der Waals surface area contributed by atoms with Crippen molar-refractivity contribution in [1.82, 2.24) is 5.32 Å². The summed E-state index contributed by atoms with van der Waals surface area (Å²) < 4.78 is 29.9. The van der Waals surface area contributed by atoms with Gasteiger partial charge in [-0.1, -0.05) is 97.1 Å². The summed E-state index contributed by atoms with van der Waals surface area (Å²) >= 11 is 0. The van der Waals surface area contributed by atoms with E-state index in [1.807, 2.05) is 60.7 Å². The first-order valence-corrected chi connectivity index (χ1v) is 14.9. The lowest BCUT2D eigenvalue weighted by Crippen LogP contribution is -2.62. The highest BCUT2D eigenvalue weighted by molar-refractivity contribution is 5.90. The fourth-order valence-electron chi connectivity index (χ4n) is 4.90. The number of carbonyl (C=O) groups excluding carboxylic acids is 2. The Balaban J connectivity index is 1.33. The Bertz CT molecular complexity index is 1460. The molecule has 9 heteroatoms. The molecule has 0 bridgehead atoms. The van der Waals surface area contributed by atoms with Crippen LogP contribution >= 0.6 is 0 Å². The van der Waals surface area contributed by atoms with Crippen molar-refractivity contribution >= 4 is 11.9 Å². The Labute approximate surface area is 262 Å². The van der Waals surface area contributed by atoms with Crippen molar-refractivity contribution in [3.8, 4) is 0 Å². The van der Waals surface area contributed by atoms with Crippen LogP contribution in [0.4, 0.5) is 0 Å². The van der Waals surface area contributed by atoms with Crippen molar-refractivity contribution in [2.45, 2.75) is 43.9 Å². The SMILES string of the molecule is O=C(OC1C(O)C(COCc2ccccc2)O[C@@H](OCCNCc2ccccc2)C1OC(=O)c1ccccc1)c1ccccc1. The molecule has 5 rings (SSSR count). The van der Waals surface area contributed by atoms with Crippen LogP contribution in [-0.2, 0) is 36.8 Å². The Morgan fingerprint density at radius 1 is 0.689 bits per heavy atom. The summed E-state index contributed by atoms with van der Waals surface area (Å²) in [6.07, 6.45) is -6.10. The standard InChI is InChI=1S/C36H37NO8/c38-31-30(25-41-24-27-15-7-2-8-16-27)43-36(42-22-21-37-23-26-13-5-1-6-14-26)33(45-35(40)29-19-11-4-12-20-29)32(31)44-34(39)28-17-9-3-10-18-28/h1-20,30-33,36-38H,21-25H2/t30?,31?,32?,33?,36-/m1/s1. The van der Waals surface area contributed by atoms with E-state index in [9.17, 15) is 14.7 Å². The van der Waals surface area contributed by atoms with E-state index in [1.54, 1.807) is 60.7 Å². The fourth-order valence-corrected chi connectivity index (χ4v) is 4.90. The predicted octanol–water partition coefficient (Wildman–Crippen LogP) is 4.55. The van der Waals surface area contributed by atoms with Gasteiger partial charge in [0.15, 0.2) is 18.5 Å². The van der Waals surface area contributed by atoms with E-state index in [-0.39, 0.29) is 30.9 Å². The van der Waals surface area contributed by atoms with Crippen LogP contribution in [0.5, 0.6) is 0 Å². The molecular weight excluding hydrogens is 574 g/mol. The highest BCUT2D eigenvalue weighted by atomic mass is 16.7. The first-order chi connectivity index (χ1) is 22.1. The van der Waals surface area contributed by atoms with Crippen molar-refractivity contribution < 1.29 is 38.4 Å². The lowest BCUT2D eigenvalue weighted by atomic mass is 9.98. The quantitative estimate of drug-likeness (QED) is 0.157. The van der Waals surface area contributed by atoms with Crippen LogP contribution in [0.3, 0.4) is 0 Å². The van der Waals surface area contributed by atoms with Crippen LogP contribution in [0.2, 0.25) is 0 Å². The molecule has 0 radical (unpaired) electrons. The molecule has 1 heterocycles. The van der Waals surface area contributed by atoms with Crippen LogP contribution in [0.1, 0.15) is 31.8 Å². The lowest BCUT2D eigenvalue weighted by molar-refractivity contribution is -0.301. The Morgan fingerprint density at radius 3 is 1.78 bits per heavy atom. The van der Waals surface area contributed by atoms with Crippen molar-refractivity contribution in [2.24, 2.45) is 0 Å². The van der Waals surface area contributed by atoms with Gasteiger partial charge in [0.2, 0.25) is 0 Å². The molecule has 4 aromatic carbocycles. The molecule has 4 unspecified atom stereocenters. The van der Waals surface area contributed by atoms with Gasteiger partial charge < -0.3 is 34.1 Å². The van der Waals surface area contributed by atoms with Crippen molar-refractivity contribution in [3.05, 3.63) is 144 Å². The number of esters is 2. The molecule has 0 spiro atoms. The Kier molecular flexibility index (Phi) is 11.8. The zero-order valence-electron chi connectivity index (χ0n) is 24.8. The summed E-state index contributed by atoms with van der Waals surface area (Å²) in [4.78, 5) is 26.4. The molecule has 1 aliphatic heterocycles. The van der Waals surface area contributed by atoms with Crippen molar-refractivity contribution in [2.75, 3.05) is 19.8 Å². The number of nitrogens with one attached hydrogen (secondary N) is 1. The molecule has 234 valence electrons. The van der Waals surface area contributed by atoms with Gasteiger partial charge in [-0.3, -0.25) is 0 Å². The van der Waals surface area contributed by atoms with Crippen LogP contribution < -0.4 is 5.32 Å². The maximum absolute atomic E-state index is 13.2. The summed E-state index contributed by atoms with van der Waals surface area (Å²) in [6.45, 7) is 1.53. The number of aliphatic hydroxyl groups is 1. The summed E-state index contributed by atoms with van der Waals surface area (Å²) in [5.41, 5.74) is 2.63. The molecule has 0 amide bonds. The van der Waals surface area contributed by atoms with Gasteiger partial charge in [-0.15, -0.1) is 0 Å². The summed E-state index contributed by atoms with van der Waals surface area (Å²) in [5.74, 6) is -1.36. The average Bonchev–Trinajstić information content (AvgIpc) is 3.09. The molecular formula is C36H37NO8. The number of hydrogen-bond donors (Lipinski definition) is 2. The van der Waals surface area contributed by atoms with E-state index in [1.165, 1.54) is 0 Å². The third kappa shape index (κ3) is 9.31. The summed E-state index contributed by atoms with van der Waals surface area (Å²) in [5, 5.41) is 14.8. The molecule has 4 aromatic rings. The highest BCUT2D eigenvalue weighted by Crippen LogP contribution is 2.29. The van der Waals surface area contributed by atoms with Gasteiger partial charge >= 0.3 is 11.9 Å². The monoisotopic (exact) mass is 611 g/mol. The van der Waals surface area contributed by atoms with Gasteiger partial charge in [0.1, 0.15) is 12.2 Å². The maximum atomic E-state index is 13.2. The smallest absolute Gasteiger partial charge is 0.338 e. The number of carbonyl (C=O) groups is 2. The predicted molar refractivity (Wildman–Crippen MR) is 166 cm³/mol. The largest absolute Gasteiger partial charge is 0.452 e. The fraction of sp³-hybridized carbons (Fsp3) is 0.278. The van der Waals surface area contributed by atoms with Crippen molar-refractivity contribution in [3.63, 3.8) is 0 Å². The minimum Gasteiger partial charge on any atom is -0.452 e. The highest BCUT2D eigenvalue weighted by Gasteiger charge is 2.50. The molecule has 9 nitrogen and oxygen atoms in total. The zero-order valence-corrected chi connectivity index (χ0v) is 24.8. The van der Waals surface area contributed by atoms with Crippen LogP contribution in [0.25, 0.3) is 0 Å². The molecule has 1 saturated heterocycles. The van der Waals surface area contributed by atoms with Crippen LogP contribution in [-0.4, -0.2) is 67.5 Å². The Hall–Kier alpha value is -4.38. The van der Waals surface area contributed by atoms with Gasteiger partial charge in [0, 0.05) is 13.1 Å². The summed E-state index contributed by atoms with van der Waals surface area (Å²) in [7, 11) is 0. The zero-order chi connectivity index (χ0) is 31.3. The van der Waals surface area contributed by atoms with Crippen LogP contribution in [0.15, 0.2) is 121 Å². The number of ether oxygens (including phenoxy) is 5. The van der Waals surface area contributed by atoms with Crippen molar-refractivity contribution in [1.29, 1.82) is 0 Å². The average molecular weight is 612 g/mol. The Morgan fingerprint density at radius 2 is 1.20 bits per heavy atom.